The molecule has 0 radical (unpaired) electrons. The van der Waals surface area contributed by atoms with Crippen molar-refractivity contribution >= 4 is 44.4 Å². The molecule has 1 saturated heterocycles. The summed E-state index contributed by atoms with van der Waals surface area (Å²) in [5.74, 6) is -0.0113. The Bertz CT molecular complexity index is 1010. The Balaban J connectivity index is 1.72. The lowest BCUT2D eigenvalue weighted by Gasteiger charge is -2.23. The zero-order valence-electron chi connectivity index (χ0n) is 16.4. The fourth-order valence-electron chi connectivity index (χ4n) is 3.41. The van der Waals surface area contributed by atoms with Crippen LogP contribution in [0.3, 0.4) is 0 Å². The van der Waals surface area contributed by atoms with Crippen molar-refractivity contribution in [3.63, 3.8) is 0 Å². The summed E-state index contributed by atoms with van der Waals surface area (Å²) in [5, 5.41) is 0.743. The minimum atomic E-state index is -0.0113. The highest BCUT2D eigenvalue weighted by atomic mass is 32.2. The summed E-state index contributed by atoms with van der Waals surface area (Å²) in [5.41, 5.74) is 3.94. The van der Waals surface area contributed by atoms with E-state index in [0.29, 0.717) is 12.1 Å². The van der Waals surface area contributed by atoms with Crippen molar-refractivity contribution < 1.29 is 9.53 Å². The zero-order valence-corrected chi connectivity index (χ0v) is 18.0. The predicted molar refractivity (Wildman–Crippen MR) is 118 cm³/mol. The van der Waals surface area contributed by atoms with Gasteiger partial charge in [-0.3, -0.25) is 9.69 Å². The lowest BCUT2D eigenvalue weighted by Crippen LogP contribution is -2.37. The molecule has 3 aromatic rings. The van der Waals surface area contributed by atoms with Crippen LogP contribution >= 0.6 is 23.1 Å². The van der Waals surface area contributed by atoms with E-state index >= 15 is 0 Å². The first-order valence-corrected chi connectivity index (χ1v) is 11.5. The van der Waals surface area contributed by atoms with E-state index in [4.69, 9.17) is 9.72 Å². The smallest absolute Gasteiger partial charge is 0.260 e. The first kappa shape index (κ1) is 19.4. The molecular weight excluding hydrogens is 388 g/mol. The van der Waals surface area contributed by atoms with Crippen LogP contribution in [-0.2, 0) is 4.74 Å². The third kappa shape index (κ3) is 3.95. The molecule has 1 aliphatic heterocycles. The minimum Gasteiger partial charge on any atom is -0.376 e. The van der Waals surface area contributed by atoms with Crippen molar-refractivity contribution in [3.8, 4) is 0 Å². The van der Waals surface area contributed by atoms with Crippen LogP contribution in [0.25, 0.3) is 10.2 Å². The van der Waals surface area contributed by atoms with Crippen molar-refractivity contribution in [2.24, 2.45) is 0 Å². The highest BCUT2D eigenvalue weighted by molar-refractivity contribution is 7.98. The molecule has 28 heavy (non-hydrogen) atoms. The van der Waals surface area contributed by atoms with Gasteiger partial charge < -0.3 is 4.74 Å². The molecule has 2 heterocycles. The number of aryl methyl sites for hydroxylation is 2. The molecule has 1 amide bonds. The number of carbonyl (C=O) groups excluding carboxylic acids is 1. The number of amides is 1. The summed E-state index contributed by atoms with van der Waals surface area (Å²) in [4.78, 5) is 21.2. The number of thiazole rings is 1. The molecule has 0 spiro atoms. The molecule has 0 aliphatic carbocycles. The first-order valence-electron chi connectivity index (χ1n) is 9.50. The van der Waals surface area contributed by atoms with Crippen LogP contribution < -0.4 is 4.90 Å². The maximum Gasteiger partial charge on any atom is 0.260 e. The number of aromatic nitrogens is 1. The van der Waals surface area contributed by atoms with Crippen LogP contribution in [-0.4, -0.2) is 36.4 Å². The van der Waals surface area contributed by atoms with E-state index in [1.165, 1.54) is 10.5 Å². The molecule has 4 nitrogen and oxygen atoms in total. The van der Waals surface area contributed by atoms with Crippen molar-refractivity contribution in [2.45, 2.75) is 37.7 Å². The van der Waals surface area contributed by atoms with Gasteiger partial charge in [0.1, 0.15) is 0 Å². The standard InChI is InChI=1S/C22H24N2O2S2/c1-14-6-7-16(11-15(14)2)21(25)24(13-17-5-4-10-26-17)22-23-19-9-8-18(27-3)12-20(19)28-22/h6-9,11-12,17H,4-5,10,13H2,1-3H3/t17-/m0/s1. The summed E-state index contributed by atoms with van der Waals surface area (Å²) < 4.78 is 6.93. The van der Waals surface area contributed by atoms with Crippen molar-refractivity contribution in [3.05, 3.63) is 53.1 Å². The average Bonchev–Trinajstić information content (AvgIpc) is 3.36. The number of rotatable bonds is 5. The Morgan fingerprint density at radius 1 is 1.25 bits per heavy atom. The number of nitrogens with zero attached hydrogens (tertiary/aromatic N) is 2. The van der Waals surface area contributed by atoms with Gasteiger partial charge in [-0.15, -0.1) is 11.8 Å². The van der Waals surface area contributed by atoms with Gasteiger partial charge >= 0.3 is 0 Å². The zero-order chi connectivity index (χ0) is 19.7. The van der Waals surface area contributed by atoms with Gasteiger partial charge in [-0.25, -0.2) is 4.98 Å². The Kier molecular flexibility index (Phi) is 5.71. The second-order valence-electron chi connectivity index (χ2n) is 7.18. The quantitative estimate of drug-likeness (QED) is 0.522. The number of anilines is 1. The Morgan fingerprint density at radius 3 is 2.82 bits per heavy atom. The minimum absolute atomic E-state index is 0.0113. The molecule has 1 aromatic heterocycles. The second-order valence-corrected chi connectivity index (χ2v) is 9.07. The van der Waals surface area contributed by atoms with Crippen LogP contribution in [0.5, 0.6) is 0 Å². The molecule has 0 N–H and O–H groups in total. The number of hydrogen-bond acceptors (Lipinski definition) is 5. The lowest BCUT2D eigenvalue weighted by atomic mass is 10.1. The lowest BCUT2D eigenvalue weighted by molar-refractivity contribution is 0.0917. The Hall–Kier alpha value is -1.89. The van der Waals surface area contributed by atoms with Gasteiger partial charge in [-0.05, 0) is 74.4 Å². The largest absolute Gasteiger partial charge is 0.376 e. The maximum absolute atomic E-state index is 13.4. The van der Waals surface area contributed by atoms with Gasteiger partial charge in [0, 0.05) is 17.1 Å². The number of fused-ring (bicyclic) bond motifs is 1. The van der Waals surface area contributed by atoms with Crippen LogP contribution in [0.2, 0.25) is 0 Å². The van der Waals surface area contributed by atoms with Gasteiger partial charge in [0.05, 0.1) is 22.9 Å². The molecule has 0 saturated carbocycles. The third-order valence-electron chi connectivity index (χ3n) is 5.22. The number of benzene rings is 2. The molecule has 0 bridgehead atoms. The SMILES string of the molecule is CSc1ccc2nc(N(C[C@@H]3CCCO3)C(=O)c3ccc(C)c(C)c3)sc2c1. The highest BCUT2D eigenvalue weighted by Crippen LogP contribution is 2.33. The van der Waals surface area contributed by atoms with Gasteiger partial charge in [-0.1, -0.05) is 17.4 Å². The van der Waals surface area contributed by atoms with Gasteiger partial charge in [0.15, 0.2) is 5.13 Å². The normalized spacial score (nSPS) is 16.6. The van der Waals surface area contributed by atoms with Crippen molar-refractivity contribution in [1.82, 2.24) is 4.98 Å². The van der Waals surface area contributed by atoms with Crippen LogP contribution in [0.4, 0.5) is 5.13 Å². The highest BCUT2D eigenvalue weighted by Gasteiger charge is 2.27. The first-order chi connectivity index (χ1) is 13.5. The molecule has 146 valence electrons. The van der Waals surface area contributed by atoms with Crippen LogP contribution in [0.15, 0.2) is 41.3 Å². The number of thioether (sulfide) groups is 1. The van der Waals surface area contributed by atoms with E-state index in [2.05, 4.69) is 25.3 Å². The topological polar surface area (TPSA) is 42.4 Å². The fourth-order valence-corrected chi connectivity index (χ4v) is 4.93. The number of carbonyl (C=O) groups is 1. The van der Waals surface area contributed by atoms with Crippen LogP contribution in [0.1, 0.15) is 34.3 Å². The summed E-state index contributed by atoms with van der Waals surface area (Å²) in [7, 11) is 0. The van der Waals surface area contributed by atoms with E-state index in [1.54, 1.807) is 23.1 Å². The fraction of sp³-hybridized carbons (Fsp3) is 0.364. The molecule has 1 fully saturated rings. The summed E-state index contributed by atoms with van der Waals surface area (Å²) >= 11 is 3.29. The van der Waals surface area contributed by atoms with Crippen LogP contribution in [0, 0.1) is 13.8 Å². The second kappa shape index (κ2) is 8.23. The summed E-state index contributed by atoms with van der Waals surface area (Å²) in [6.45, 7) is 5.41. The Labute approximate surface area is 173 Å². The molecule has 1 aliphatic rings. The number of ether oxygens (including phenoxy) is 1. The molecule has 4 rings (SSSR count). The van der Waals surface area contributed by atoms with Gasteiger partial charge in [-0.2, -0.15) is 0 Å². The monoisotopic (exact) mass is 412 g/mol. The molecule has 6 heteroatoms. The van der Waals surface area contributed by atoms with Crippen molar-refractivity contribution in [2.75, 3.05) is 24.3 Å². The molecule has 0 unspecified atom stereocenters. The van der Waals surface area contributed by atoms with Crippen molar-refractivity contribution in [1.29, 1.82) is 0 Å². The summed E-state index contributed by atoms with van der Waals surface area (Å²) in [6.07, 6.45) is 4.17. The molecule has 2 aromatic carbocycles. The van der Waals surface area contributed by atoms with E-state index in [9.17, 15) is 4.79 Å². The maximum atomic E-state index is 13.4. The molecule has 1 atom stereocenters. The van der Waals surface area contributed by atoms with E-state index in [0.717, 1.165) is 40.4 Å². The van der Waals surface area contributed by atoms with E-state index in [1.807, 2.05) is 36.1 Å². The van der Waals surface area contributed by atoms with Gasteiger partial charge in [0.25, 0.3) is 5.91 Å². The van der Waals surface area contributed by atoms with E-state index in [-0.39, 0.29) is 12.0 Å². The number of hydrogen-bond donors (Lipinski definition) is 0. The predicted octanol–water partition coefficient (Wildman–Crippen LogP) is 5.46. The third-order valence-corrected chi connectivity index (χ3v) is 6.99. The van der Waals surface area contributed by atoms with E-state index < -0.39 is 0 Å². The van der Waals surface area contributed by atoms with Gasteiger partial charge in [0.2, 0.25) is 0 Å². The molecular formula is C22H24N2O2S2. The summed E-state index contributed by atoms with van der Waals surface area (Å²) in [6, 6.07) is 12.1. The average molecular weight is 413 g/mol. The Morgan fingerprint density at radius 2 is 2.11 bits per heavy atom.